The maximum Gasteiger partial charge on any atom is 0.317 e. The van der Waals surface area contributed by atoms with Crippen molar-refractivity contribution in [2.45, 2.75) is 39.2 Å². The number of nitrogens with two attached hydrogens (primary N) is 1. The first kappa shape index (κ1) is 12.3. The molecule has 0 aromatic heterocycles. The van der Waals surface area contributed by atoms with E-state index in [0.29, 0.717) is 5.92 Å². The first-order valence-electron chi connectivity index (χ1n) is 5.69. The molecule has 1 fully saturated rings. The fourth-order valence-corrected chi connectivity index (χ4v) is 1.77. The Morgan fingerprint density at radius 3 is 2.33 bits per heavy atom. The summed E-state index contributed by atoms with van der Waals surface area (Å²) in [7, 11) is 0. The minimum Gasteiger partial charge on any atom is -0.333 e. The fraction of sp³-hybridized carbons (Fsp3) is 0.909. The van der Waals surface area contributed by atoms with Crippen LogP contribution in [0, 0.1) is 5.92 Å². The van der Waals surface area contributed by atoms with Gasteiger partial charge in [0.05, 0.1) is 0 Å². The highest BCUT2D eigenvalue weighted by Gasteiger charge is 2.24. The Morgan fingerprint density at radius 2 is 1.93 bits per heavy atom. The lowest BCUT2D eigenvalue weighted by molar-refractivity contribution is 0.164. The second-order valence-corrected chi connectivity index (χ2v) is 5.35. The highest BCUT2D eigenvalue weighted by Crippen LogP contribution is 2.16. The van der Waals surface area contributed by atoms with E-state index in [4.69, 9.17) is 5.73 Å². The molecule has 0 radical (unpaired) electrons. The molecule has 0 saturated carbocycles. The minimum atomic E-state index is -0.151. The van der Waals surface area contributed by atoms with E-state index in [2.05, 4.69) is 5.32 Å². The predicted octanol–water partition coefficient (Wildman–Crippen LogP) is 1.17. The van der Waals surface area contributed by atoms with Crippen molar-refractivity contribution >= 4 is 6.03 Å². The normalized spacial score (nSPS) is 19.1. The summed E-state index contributed by atoms with van der Waals surface area (Å²) in [4.78, 5) is 13.7. The zero-order chi connectivity index (χ0) is 11.5. The van der Waals surface area contributed by atoms with E-state index in [1.54, 1.807) is 0 Å². The van der Waals surface area contributed by atoms with Crippen molar-refractivity contribution in [3.8, 4) is 0 Å². The highest BCUT2D eigenvalue weighted by atomic mass is 16.2. The Morgan fingerprint density at radius 1 is 1.40 bits per heavy atom. The molecule has 4 heteroatoms. The number of amides is 2. The monoisotopic (exact) mass is 213 g/mol. The SMILES string of the molecule is CC(C)(C)NC(=O)N1CCC(CN)CC1. The van der Waals surface area contributed by atoms with Crippen molar-refractivity contribution in [2.75, 3.05) is 19.6 Å². The molecule has 2 amide bonds. The Balaban J connectivity index is 2.37. The van der Waals surface area contributed by atoms with Crippen LogP contribution in [0.4, 0.5) is 4.79 Å². The Labute approximate surface area is 92.2 Å². The maximum absolute atomic E-state index is 11.8. The quantitative estimate of drug-likeness (QED) is 0.687. The molecule has 0 spiro atoms. The van der Waals surface area contributed by atoms with E-state index in [1.165, 1.54) is 0 Å². The number of hydrogen-bond acceptors (Lipinski definition) is 2. The molecule has 1 saturated heterocycles. The molecule has 88 valence electrons. The third-order valence-electron chi connectivity index (χ3n) is 2.72. The van der Waals surface area contributed by atoms with Gasteiger partial charge in [0.15, 0.2) is 0 Å². The standard InChI is InChI=1S/C11H23N3O/c1-11(2,3)13-10(15)14-6-4-9(8-12)5-7-14/h9H,4-8,12H2,1-3H3,(H,13,15). The third-order valence-corrected chi connectivity index (χ3v) is 2.72. The molecule has 0 aliphatic carbocycles. The van der Waals surface area contributed by atoms with E-state index in [9.17, 15) is 4.79 Å². The summed E-state index contributed by atoms with van der Waals surface area (Å²) in [6, 6.07) is 0.0537. The van der Waals surface area contributed by atoms with E-state index in [1.807, 2.05) is 25.7 Å². The molecular weight excluding hydrogens is 190 g/mol. The van der Waals surface area contributed by atoms with Crippen LogP contribution in [-0.4, -0.2) is 36.1 Å². The summed E-state index contributed by atoms with van der Waals surface area (Å²) in [5, 5.41) is 2.98. The van der Waals surface area contributed by atoms with Gasteiger partial charge in [-0.3, -0.25) is 0 Å². The molecule has 0 aromatic rings. The lowest BCUT2D eigenvalue weighted by atomic mass is 9.97. The average molecular weight is 213 g/mol. The zero-order valence-electron chi connectivity index (χ0n) is 10.0. The van der Waals surface area contributed by atoms with Crippen molar-refractivity contribution in [3.05, 3.63) is 0 Å². The fourth-order valence-electron chi connectivity index (χ4n) is 1.77. The van der Waals surface area contributed by atoms with Gasteiger partial charge in [-0.05, 0) is 46.1 Å². The summed E-state index contributed by atoms with van der Waals surface area (Å²) in [6.07, 6.45) is 2.07. The van der Waals surface area contributed by atoms with Crippen LogP contribution in [0.2, 0.25) is 0 Å². The van der Waals surface area contributed by atoms with Crippen molar-refractivity contribution in [1.29, 1.82) is 0 Å². The molecule has 1 heterocycles. The summed E-state index contributed by atoms with van der Waals surface area (Å²) in [6.45, 7) is 8.41. The van der Waals surface area contributed by atoms with Crippen molar-refractivity contribution < 1.29 is 4.79 Å². The molecule has 4 nitrogen and oxygen atoms in total. The second-order valence-electron chi connectivity index (χ2n) is 5.35. The number of hydrogen-bond donors (Lipinski definition) is 2. The van der Waals surface area contributed by atoms with Crippen LogP contribution in [-0.2, 0) is 0 Å². The number of carbonyl (C=O) groups is 1. The number of piperidine rings is 1. The molecule has 1 aliphatic rings. The van der Waals surface area contributed by atoms with Gasteiger partial charge < -0.3 is 16.0 Å². The van der Waals surface area contributed by atoms with Gasteiger partial charge in [0.1, 0.15) is 0 Å². The van der Waals surface area contributed by atoms with Crippen LogP contribution in [0.5, 0.6) is 0 Å². The van der Waals surface area contributed by atoms with Crippen LogP contribution in [0.3, 0.4) is 0 Å². The molecule has 0 aromatic carbocycles. The van der Waals surface area contributed by atoms with Crippen LogP contribution >= 0.6 is 0 Å². The van der Waals surface area contributed by atoms with Crippen molar-refractivity contribution in [3.63, 3.8) is 0 Å². The van der Waals surface area contributed by atoms with Gasteiger partial charge in [-0.2, -0.15) is 0 Å². The Bertz CT molecular complexity index is 214. The smallest absolute Gasteiger partial charge is 0.317 e. The molecule has 0 unspecified atom stereocenters. The predicted molar refractivity (Wildman–Crippen MR) is 61.6 cm³/mol. The van der Waals surface area contributed by atoms with E-state index in [0.717, 1.165) is 32.5 Å². The molecule has 0 atom stereocenters. The van der Waals surface area contributed by atoms with Crippen LogP contribution in [0.15, 0.2) is 0 Å². The topological polar surface area (TPSA) is 58.4 Å². The van der Waals surface area contributed by atoms with Gasteiger partial charge in [-0.1, -0.05) is 0 Å². The Hall–Kier alpha value is -0.770. The number of urea groups is 1. The summed E-state index contributed by atoms with van der Waals surface area (Å²) >= 11 is 0. The molecule has 0 bridgehead atoms. The first-order chi connectivity index (χ1) is 6.92. The molecule has 3 N–H and O–H groups in total. The van der Waals surface area contributed by atoms with Crippen molar-refractivity contribution in [2.24, 2.45) is 11.7 Å². The summed E-state index contributed by atoms with van der Waals surface area (Å²) < 4.78 is 0. The van der Waals surface area contributed by atoms with Gasteiger partial charge in [0.25, 0.3) is 0 Å². The Kier molecular flexibility index (Phi) is 3.97. The summed E-state index contributed by atoms with van der Waals surface area (Å²) in [5.74, 6) is 0.601. The molecule has 1 rings (SSSR count). The van der Waals surface area contributed by atoms with E-state index >= 15 is 0 Å². The first-order valence-corrected chi connectivity index (χ1v) is 5.69. The molecule has 1 aliphatic heterocycles. The number of carbonyl (C=O) groups excluding carboxylic acids is 1. The number of likely N-dealkylation sites (tertiary alicyclic amines) is 1. The third kappa shape index (κ3) is 4.08. The second kappa shape index (κ2) is 4.84. The van der Waals surface area contributed by atoms with Crippen LogP contribution in [0.1, 0.15) is 33.6 Å². The number of rotatable bonds is 1. The lowest BCUT2D eigenvalue weighted by Crippen LogP contribution is -2.51. The van der Waals surface area contributed by atoms with Crippen LogP contribution in [0.25, 0.3) is 0 Å². The largest absolute Gasteiger partial charge is 0.333 e. The average Bonchev–Trinajstić information content (AvgIpc) is 2.15. The molecular formula is C11H23N3O. The van der Waals surface area contributed by atoms with Gasteiger partial charge in [0.2, 0.25) is 0 Å². The van der Waals surface area contributed by atoms with Crippen LogP contribution < -0.4 is 11.1 Å². The van der Waals surface area contributed by atoms with E-state index < -0.39 is 0 Å². The van der Waals surface area contributed by atoms with Crippen molar-refractivity contribution in [1.82, 2.24) is 10.2 Å². The van der Waals surface area contributed by atoms with Gasteiger partial charge >= 0.3 is 6.03 Å². The lowest BCUT2D eigenvalue weighted by Gasteiger charge is -2.33. The minimum absolute atomic E-state index is 0.0537. The van der Waals surface area contributed by atoms with E-state index in [-0.39, 0.29) is 11.6 Å². The van der Waals surface area contributed by atoms with Gasteiger partial charge in [-0.25, -0.2) is 4.79 Å². The number of nitrogens with one attached hydrogen (secondary N) is 1. The summed E-state index contributed by atoms with van der Waals surface area (Å²) in [5.41, 5.74) is 5.46. The maximum atomic E-state index is 11.8. The number of nitrogens with zero attached hydrogens (tertiary/aromatic N) is 1. The highest BCUT2D eigenvalue weighted by molar-refractivity contribution is 5.75. The molecule has 15 heavy (non-hydrogen) atoms. The van der Waals surface area contributed by atoms with Gasteiger partial charge in [-0.15, -0.1) is 0 Å². The zero-order valence-corrected chi connectivity index (χ0v) is 10.0. The van der Waals surface area contributed by atoms with Gasteiger partial charge in [0, 0.05) is 18.6 Å².